The number of carbonyl (C=O) groups excluding carboxylic acids is 1. The van der Waals surface area contributed by atoms with E-state index in [9.17, 15) is 4.79 Å². The van der Waals surface area contributed by atoms with Gasteiger partial charge in [0, 0.05) is 23.7 Å². The number of nitrogens with two attached hydrogens (primary N) is 1. The second-order valence-electron chi connectivity index (χ2n) is 5.91. The fraction of sp³-hybridized carbons (Fsp3) is 0.316. The Labute approximate surface area is 136 Å². The van der Waals surface area contributed by atoms with Gasteiger partial charge in [-0.2, -0.15) is 0 Å². The number of para-hydroxylation sites is 1. The molecule has 1 fully saturated rings. The van der Waals surface area contributed by atoms with Crippen LogP contribution in [0.2, 0.25) is 0 Å². The van der Waals surface area contributed by atoms with Crippen molar-refractivity contribution in [3.8, 4) is 5.75 Å². The van der Waals surface area contributed by atoms with Gasteiger partial charge in [-0.3, -0.25) is 4.79 Å². The molecule has 0 aromatic heterocycles. The summed E-state index contributed by atoms with van der Waals surface area (Å²) >= 11 is 0. The topological polar surface area (TPSA) is 64.3 Å². The Hall–Kier alpha value is -2.33. The predicted molar refractivity (Wildman–Crippen MR) is 90.2 cm³/mol. The molecule has 0 spiro atoms. The standard InChI is InChI=1S/C19H22N2O2/c20-12-18(14-10-11-14)21-19(22)17-9-5-4-6-15(17)13-23-16-7-2-1-3-8-16/h1-9,14,18H,10-13,20H2,(H,21,22). The SMILES string of the molecule is NCC(NC(=O)c1ccccc1COc1ccccc1)C1CC1. The summed E-state index contributed by atoms with van der Waals surface area (Å²) in [5.74, 6) is 1.26. The molecule has 1 unspecified atom stereocenters. The fourth-order valence-electron chi connectivity index (χ4n) is 2.66. The number of carbonyl (C=O) groups is 1. The third-order valence-electron chi connectivity index (χ3n) is 4.16. The van der Waals surface area contributed by atoms with E-state index < -0.39 is 0 Å². The zero-order chi connectivity index (χ0) is 16.1. The van der Waals surface area contributed by atoms with Crippen molar-refractivity contribution in [2.24, 2.45) is 11.7 Å². The van der Waals surface area contributed by atoms with Crippen LogP contribution in [-0.2, 0) is 6.61 Å². The van der Waals surface area contributed by atoms with Gasteiger partial charge >= 0.3 is 0 Å². The number of hydrogen-bond acceptors (Lipinski definition) is 3. The van der Waals surface area contributed by atoms with Gasteiger partial charge in [0.25, 0.3) is 5.91 Å². The third-order valence-corrected chi connectivity index (χ3v) is 4.16. The van der Waals surface area contributed by atoms with Crippen molar-refractivity contribution in [1.29, 1.82) is 0 Å². The molecule has 1 atom stereocenters. The molecule has 0 aliphatic heterocycles. The maximum atomic E-state index is 12.6. The molecule has 2 aromatic rings. The van der Waals surface area contributed by atoms with E-state index in [1.165, 1.54) is 0 Å². The molecular formula is C19H22N2O2. The molecular weight excluding hydrogens is 288 g/mol. The van der Waals surface area contributed by atoms with E-state index in [2.05, 4.69) is 5.32 Å². The Bertz CT molecular complexity index is 653. The van der Waals surface area contributed by atoms with Gasteiger partial charge < -0.3 is 15.8 Å². The Morgan fingerprint density at radius 2 is 1.83 bits per heavy atom. The van der Waals surface area contributed by atoms with Crippen molar-refractivity contribution < 1.29 is 9.53 Å². The van der Waals surface area contributed by atoms with Crippen LogP contribution in [0.3, 0.4) is 0 Å². The summed E-state index contributed by atoms with van der Waals surface area (Å²) in [6.07, 6.45) is 2.31. The van der Waals surface area contributed by atoms with Crippen molar-refractivity contribution in [2.75, 3.05) is 6.54 Å². The molecule has 1 aliphatic rings. The zero-order valence-corrected chi connectivity index (χ0v) is 13.1. The first kappa shape index (κ1) is 15.6. The van der Waals surface area contributed by atoms with Gasteiger partial charge in [0.05, 0.1) is 0 Å². The highest BCUT2D eigenvalue weighted by molar-refractivity contribution is 5.95. The molecule has 23 heavy (non-hydrogen) atoms. The summed E-state index contributed by atoms with van der Waals surface area (Å²) in [4.78, 5) is 12.6. The number of benzene rings is 2. The summed E-state index contributed by atoms with van der Waals surface area (Å²) in [5, 5.41) is 3.06. The van der Waals surface area contributed by atoms with E-state index in [0.717, 1.165) is 24.2 Å². The third kappa shape index (κ3) is 4.11. The summed E-state index contributed by atoms with van der Waals surface area (Å²) in [6, 6.07) is 17.2. The lowest BCUT2D eigenvalue weighted by Crippen LogP contribution is -2.42. The van der Waals surface area contributed by atoms with E-state index >= 15 is 0 Å². The first-order valence-electron chi connectivity index (χ1n) is 8.04. The number of ether oxygens (including phenoxy) is 1. The van der Waals surface area contributed by atoms with Gasteiger partial charge in [0.1, 0.15) is 12.4 Å². The predicted octanol–water partition coefficient (Wildman–Crippen LogP) is 2.73. The highest BCUT2D eigenvalue weighted by Gasteiger charge is 2.31. The fourth-order valence-corrected chi connectivity index (χ4v) is 2.66. The highest BCUT2D eigenvalue weighted by Crippen LogP contribution is 2.32. The molecule has 1 aliphatic carbocycles. The lowest BCUT2D eigenvalue weighted by Gasteiger charge is -2.17. The molecule has 0 heterocycles. The minimum Gasteiger partial charge on any atom is -0.489 e. The molecule has 4 nitrogen and oxygen atoms in total. The first-order valence-corrected chi connectivity index (χ1v) is 8.04. The second kappa shape index (κ2) is 7.29. The minimum atomic E-state index is -0.0698. The number of hydrogen-bond donors (Lipinski definition) is 2. The van der Waals surface area contributed by atoms with E-state index in [1.807, 2.05) is 54.6 Å². The van der Waals surface area contributed by atoms with E-state index in [0.29, 0.717) is 24.6 Å². The van der Waals surface area contributed by atoms with Crippen molar-refractivity contribution in [3.05, 3.63) is 65.7 Å². The summed E-state index contributed by atoms with van der Waals surface area (Å²) in [7, 11) is 0. The highest BCUT2D eigenvalue weighted by atomic mass is 16.5. The molecule has 3 rings (SSSR count). The second-order valence-corrected chi connectivity index (χ2v) is 5.91. The van der Waals surface area contributed by atoms with Crippen LogP contribution in [0, 0.1) is 5.92 Å². The molecule has 0 bridgehead atoms. The average Bonchev–Trinajstić information content (AvgIpc) is 3.44. The lowest BCUT2D eigenvalue weighted by atomic mass is 10.1. The van der Waals surface area contributed by atoms with Crippen LogP contribution in [-0.4, -0.2) is 18.5 Å². The largest absolute Gasteiger partial charge is 0.489 e. The van der Waals surface area contributed by atoms with Gasteiger partial charge in [-0.15, -0.1) is 0 Å². The minimum absolute atomic E-state index is 0.0698. The van der Waals surface area contributed by atoms with E-state index in [4.69, 9.17) is 10.5 Å². The summed E-state index contributed by atoms with van der Waals surface area (Å²) < 4.78 is 5.77. The van der Waals surface area contributed by atoms with Crippen LogP contribution < -0.4 is 15.8 Å². The molecule has 4 heteroatoms. The smallest absolute Gasteiger partial charge is 0.251 e. The number of amides is 1. The van der Waals surface area contributed by atoms with Gasteiger partial charge in [0.2, 0.25) is 0 Å². The lowest BCUT2D eigenvalue weighted by molar-refractivity contribution is 0.0931. The van der Waals surface area contributed by atoms with Crippen LogP contribution in [0.15, 0.2) is 54.6 Å². The Kier molecular flexibility index (Phi) is 4.93. The molecule has 1 amide bonds. The van der Waals surface area contributed by atoms with Gasteiger partial charge in [0.15, 0.2) is 0 Å². The van der Waals surface area contributed by atoms with Crippen LogP contribution in [0.25, 0.3) is 0 Å². The maximum Gasteiger partial charge on any atom is 0.251 e. The molecule has 1 saturated carbocycles. The Balaban J connectivity index is 1.68. The zero-order valence-electron chi connectivity index (χ0n) is 13.1. The van der Waals surface area contributed by atoms with Crippen molar-refractivity contribution in [1.82, 2.24) is 5.32 Å². The normalized spacial score (nSPS) is 15.0. The van der Waals surface area contributed by atoms with Crippen molar-refractivity contribution >= 4 is 5.91 Å². The van der Waals surface area contributed by atoms with E-state index in [-0.39, 0.29) is 11.9 Å². The number of rotatable bonds is 7. The van der Waals surface area contributed by atoms with E-state index in [1.54, 1.807) is 0 Å². The molecule has 0 saturated heterocycles. The monoisotopic (exact) mass is 310 g/mol. The molecule has 0 radical (unpaired) electrons. The van der Waals surface area contributed by atoms with Crippen LogP contribution >= 0.6 is 0 Å². The van der Waals surface area contributed by atoms with Gasteiger partial charge in [-0.05, 0) is 37.0 Å². The molecule has 2 aromatic carbocycles. The van der Waals surface area contributed by atoms with Crippen LogP contribution in [0.1, 0.15) is 28.8 Å². The van der Waals surface area contributed by atoms with Crippen molar-refractivity contribution in [2.45, 2.75) is 25.5 Å². The Morgan fingerprint density at radius 3 is 2.52 bits per heavy atom. The maximum absolute atomic E-state index is 12.6. The van der Waals surface area contributed by atoms with Crippen LogP contribution in [0.5, 0.6) is 5.75 Å². The first-order chi connectivity index (χ1) is 11.3. The van der Waals surface area contributed by atoms with Crippen molar-refractivity contribution in [3.63, 3.8) is 0 Å². The summed E-state index contributed by atoms with van der Waals surface area (Å²) in [6.45, 7) is 0.851. The Morgan fingerprint density at radius 1 is 1.13 bits per heavy atom. The average molecular weight is 310 g/mol. The summed E-state index contributed by atoms with van der Waals surface area (Å²) in [5.41, 5.74) is 7.30. The van der Waals surface area contributed by atoms with Gasteiger partial charge in [-0.1, -0.05) is 36.4 Å². The molecule has 3 N–H and O–H groups in total. The van der Waals surface area contributed by atoms with Gasteiger partial charge in [-0.25, -0.2) is 0 Å². The quantitative estimate of drug-likeness (QED) is 0.826. The number of nitrogens with one attached hydrogen (secondary N) is 1. The van der Waals surface area contributed by atoms with Crippen LogP contribution in [0.4, 0.5) is 0 Å². The molecule has 120 valence electrons.